The van der Waals surface area contributed by atoms with Crippen molar-refractivity contribution in [1.29, 1.82) is 0 Å². The maximum absolute atomic E-state index is 14.8. The Labute approximate surface area is 245 Å². The fourth-order valence-corrected chi connectivity index (χ4v) is 4.75. The number of nitrogens with one attached hydrogen (secondary N) is 2. The van der Waals surface area contributed by atoms with Crippen LogP contribution >= 0.6 is 0 Å². The second-order valence-corrected chi connectivity index (χ2v) is 10.4. The van der Waals surface area contributed by atoms with Crippen molar-refractivity contribution in [3.05, 3.63) is 47.5 Å². The summed E-state index contributed by atoms with van der Waals surface area (Å²) in [5.41, 5.74) is 1.11. The number of alkyl halides is 2. The van der Waals surface area contributed by atoms with E-state index in [0.717, 1.165) is 19.0 Å². The number of amides is 1. The van der Waals surface area contributed by atoms with Gasteiger partial charge < -0.3 is 30.3 Å². The average Bonchev–Trinajstić information content (AvgIpc) is 2.99. The van der Waals surface area contributed by atoms with Gasteiger partial charge in [-0.1, -0.05) is 19.8 Å². The van der Waals surface area contributed by atoms with Crippen LogP contribution < -0.4 is 20.1 Å². The number of carboxylic acid groups (broad SMARTS) is 1. The van der Waals surface area contributed by atoms with E-state index >= 15 is 0 Å². The van der Waals surface area contributed by atoms with E-state index in [1.165, 1.54) is 12.1 Å². The van der Waals surface area contributed by atoms with E-state index in [2.05, 4.69) is 25.6 Å². The van der Waals surface area contributed by atoms with Crippen molar-refractivity contribution in [2.24, 2.45) is 0 Å². The molecule has 1 unspecified atom stereocenters. The number of aliphatic carboxylic acids is 1. The Morgan fingerprint density at radius 3 is 2.72 bits per heavy atom. The summed E-state index contributed by atoms with van der Waals surface area (Å²) >= 11 is 0. The Bertz CT molecular complexity index is 1450. The summed E-state index contributed by atoms with van der Waals surface area (Å²) in [6, 6.07) is 6.49. The Hall–Kier alpha value is -4.04. The first-order chi connectivity index (χ1) is 20.6. The lowest BCUT2D eigenvalue weighted by molar-refractivity contribution is -0.166. The van der Waals surface area contributed by atoms with Crippen LogP contribution in [0.3, 0.4) is 0 Å². The molecule has 0 aromatic carbocycles. The lowest BCUT2D eigenvalue weighted by Crippen LogP contribution is -2.47. The molecule has 232 valence electrons. The quantitative estimate of drug-likeness (QED) is 0.176. The van der Waals surface area contributed by atoms with Crippen LogP contribution in [0, 0.1) is 5.82 Å². The van der Waals surface area contributed by atoms with Crippen molar-refractivity contribution < 1.29 is 42.4 Å². The number of anilines is 1. The van der Waals surface area contributed by atoms with Gasteiger partial charge in [0.15, 0.2) is 18.2 Å². The van der Waals surface area contributed by atoms with Crippen LogP contribution in [0.4, 0.5) is 19.0 Å². The highest BCUT2D eigenvalue weighted by molar-refractivity contribution is 5.94. The molecule has 11 nitrogen and oxygen atoms in total. The van der Waals surface area contributed by atoms with Crippen molar-refractivity contribution in [3.63, 3.8) is 0 Å². The summed E-state index contributed by atoms with van der Waals surface area (Å²) in [7, 11) is 0. The number of aliphatic hydroxyl groups is 1. The van der Waals surface area contributed by atoms with E-state index < -0.39 is 36.3 Å². The van der Waals surface area contributed by atoms with Crippen molar-refractivity contribution in [2.75, 3.05) is 25.1 Å². The number of rotatable bonds is 16. The van der Waals surface area contributed by atoms with E-state index in [4.69, 9.17) is 14.6 Å². The highest BCUT2D eigenvalue weighted by Gasteiger charge is 2.38. The van der Waals surface area contributed by atoms with Crippen LogP contribution in [0.25, 0.3) is 11.0 Å². The van der Waals surface area contributed by atoms with Gasteiger partial charge in [-0.25, -0.2) is 19.2 Å². The molecule has 3 aromatic rings. The molecule has 3 aromatic heterocycles. The minimum atomic E-state index is -3.93. The van der Waals surface area contributed by atoms with Crippen molar-refractivity contribution in [3.8, 4) is 11.6 Å². The number of aryl methyl sites for hydroxylation is 1. The van der Waals surface area contributed by atoms with Crippen LogP contribution in [0.2, 0.25) is 0 Å². The topological polar surface area (TPSA) is 156 Å². The molecule has 0 bridgehead atoms. The monoisotopic (exact) mass is 605 g/mol. The molecule has 0 aliphatic carbocycles. The SMILES string of the molecule is CCC(CO)(CCCCCc1c(F)cnc2ccc(OCCC(F)(F)C(=O)O)nc12)NCc1ccc2c(n1)NC(=O)CO2. The number of fused-ring (bicyclic) bond motifs is 2. The first-order valence-electron chi connectivity index (χ1n) is 14.0. The van der Waals surface area contributed by atoms with Crippen LogP contribution in [-0.2, 0) is 22.6 Å². The third kappa shape index (κ3) is 8.08. The highest BCUT2D eigenvalue weighted by Crippen LogP contribution is 2.27. The molecule has 0 radical (unpaired) electrons. The molecule has 1 aliphatic heterocycles. The third-order valence-corrected chi connectivity index (χ3v) is 7.46. The number of hydrogen-bond acceptors (Lipinski definition) is 9. The molecule has 43 heavy (non-hydrogen) atoms. The van der Waals surface area contributed by atoms with E-state index in [-0.39, 0.29) is 30.5 Å². The fourth-order valence-electron chi connectivity index (χ4n) is 4.75. The van der Waals surface area contributed by atoms with Gasteiger partial charge in [0, 0.05) is 23.7 Å². The third-order valence-electron chi connectivity index (χ3n) is 7.46. The molecule has 14 heteroatoms. The number of unbranched alkanes of at least 4 members (excludes halogenated alkanes) is 2. The lowest BCUT2D eigenvalue weighted by atomic mass is 9.89. The van der Waals surface area contributed by atoms with Crippen LogP contribution in [0.5, 0.6) is 11.6 Å². The van der Waals surface area contributed by atoms with E-state index in [1.54, 1.807) is 12.1 Å². The first-order valence-corrected chi connectivity index (χ1v) is 14.0. The Kier molecular flexibility index (Phi) is 10.3. The Morgan fingerprint density at radius 1 is 1.16 bits per heavy atom. The summed E-state index contributed by atoms with van der Waals surface area (Å²) in [6.45, 7) is 1.62. The molecule has 0 saturated carbocycles. The molecule has 0 saturated heterocycles. The smallest absolute Gasteiger partial charge is 0.374 e. The molecule has 0 fully saturated rings. The normalized spacial score (nSPS) is 14.5. The summed E-state index contributed by atoms with van der Waals surface area (Å²) in [4.78, 5) is 34.9. The largest absolute Gasteiger partial charge is 0.480 e. The minimum Gasteiger partial charge on any atom is -0.480 e. The molecule has 1 aliphatic rings. The standard InChI is InChI=1S/C29H34F3N5O6/c1-2-28(17-38,34-14-18-7-9-22-26(35-18)36-23(39)16-43-22)11-5-3-4-6-19-20(30)15-33-21-8-10-24(37-25(19)21)42-13-12-29(31,32)27(40)41/h7-10,15,34,38H,2-6,11-14,16-17H2,1H3,(H,40,41)(H,35,36,39). The number of nitrogens with zero attached hydrogens (tertiary/aromatic N) is 3. The molecule has 1 atom stereocenters. The second kappa shape index (κ2) is 14.0. The number of carboxylic acids is 1. The molecule has 0 spiro atoms. The van der Waals surface area contributed by atoms with E-state index in [9.17, 15) is 27.9 Å². The van der Waals surface area contributed by atoms with Gasteiger partial charge in [-0.3, -0.25) is 9.78 Å². The highest BCUT2D eigenvalue weighted by atomic mass is 19.3. The predicted octanol–water partition coefficient (Wildman–Crippen LogP) is 4.02. The average molecular weight is 606 g/mol. The number of hydrogen-bond donors (Lipinski definition) is 4. The summed E-state index contributed by atoms with van der Waals surface area (Å²) in [5.74, 6) is -6.15. The van der Waals surface area contributed by atoms with Gasteiger partial charge in [-0.2, -0.15) is 8.78 Å². The number of halogens is 3. The van der Waals surface area contributed by atoms with Crippen LogP contribution in [-0.4, -0.2) is 68.3 Å². The van der Waals surface area contributed by atoms with Gasteiger partial charge in [0.25, 0.3) is 5.91 Å². The minimum absolute atomic E-state index is 0.0348. The van der Waals surface area contributed by atoms with Gasteiger partial charge in [0.1, 0.15) is 5.82 Å². The molecule has 4 N–H and O–H groups in total. The number of carbonyl (C=O) groups excluding carboxylic acids is 1. The van der Waals surface area contributed by atoms with E-state index in [1.807, 2.05) is 6.92 Å². The van der Waals surface area contributed by atoms with Gasteiger partial charge in [0.05, 0.1) is 42.6 Å². The second-order valence-electron chi connectivity index (χ2n) is 10.4. The zero-order valence-corrected chi connectivity index (χ0v) is 23.7. The number of aliphatic hydroxyl groups excluding tert-OH is 1. The Morgan fingerprint density at radius 2 is 1.98 bits per heavy atom. The van der Waals surface area contributed by atoms with Gasteiger partial charge in [-0.05, 0) is 43.9 Å². The van der Waals surface area contributed by atoms with Crippen LogP contribution in [0.15, 0.2) is 30.5 Å². The van der Waals surface area contributed by atoms with Crippen molar-refractivity contribution >= 4 is 28.7 Å². The maximum atomic E-state index is 14.8. The zero-order chi connectivity index (χ0) is 31.0. The summed E-state index contributed by atoms with van der Waals surface area (Å²) in [6.07, 6.45) is 3.82. The number of ether oxygens (including phenoxy) is 2. The number of aromatic nitrogens is 3. The summed E-state index contributed by atoms with van der Waals surface area (Å²) in [5, 5.41) is 24.9. The number of carbonyl (C=O) groups is 2. The molecule has 4 rings (SSSR count). The maximum Gasteiger partial charge on any atom is 0.374 e. The lowest BCUT2D eigenvalue weighted by Gasteiger charge is -2.32. The molecular weight excluding hydrogens is 571 g/mol. The van der Waals surface area contributed by atoms with Crippen LogP contribution in [0.1, 0.15) is 56.7 Å². The summed E-state index contributed by atoms with van der Waals surface area (Å²) < 4.78 is 52.0. The molecule has 4 heterocycles. The first kappa shape index (κ1) is 31.9. The zero-order valence-electron chi connectivity index (χ0n) is 23.7. The van der Waals surface area contributed by atoms with Gasteiger partial charge in [-0.15, -0.1) is 0 Å². The molecule has 1 amide bonds. The van der Waals surface area contributed by atoms with Crippen molar-refractivity contribution in [1.82, 2.24) is 20.3 Å². The van der Waals surface area contributed by atoms with Gasteiger partial charge >= 0.3 is 11.9 Å². The number of pyridine rings is 3. The molecular formula is C29H34F3N5O6. The predicted molar refractivity (Wildman–Crippen MR) is 150 cm³/mol. The Balaban J connectivity index is 1.31. The van der Waals surface area contributed by atoms with Crippen molar-refractivity contribution in [2.45, 2.75) is 69.9 Å². The fraction of sp³-hybridized carbons (Fsp3) is 0.483. The van der Waals surface area contributed by atoms with Gasteiger partial charge in [0.2, 0.25) is 5.88 Å². The van der Waals surface area contributed by atoms with E-state index in [0.29, 0.717) is 60.6 Å².